The van der Waals surface area contributed by atoms with Gasteiger partial charge in [0.1, 0.15) is 5.75 Å². The second-order valence-electron chi connectivity index (χ2n) is 6.10. The molecule has 1 heteroatoms. The minimum atomic E-state index is 0.323. The number of hydrogen-bond acceptors (Lipinski definition) is 1. The van der Waals surface area contributed by atoms with Crippen molar-refractivity contribution >= 4 is 10.8 Å². The molecule has 0 bridgehead atoms. The Morgan fingerprint density at radius 1 is 0.625 bits per heavy atom. The van der Waals surface area contributed by atoms with Crippen LogP contribution in [0, 0.1) is 6.92 Å². The fraction of sp³-hybridized carbons (Fsp3) is 0.0435. The topological polar surface area (TPSA) is 20.2 Å². The van der Waals surface area contributed by atoms with Gasteiger partial charge in [0.15, 0.2) is 0 Å². The zero-order valence-corrected chi connectivity index (χ0v) is 13.5. The lowest BCUT2D eigenvalue weighted by Gasteiger charge is -2.16. The predicted molar refractivity (Wildman–Crippen MR) is 101 cm³/mol. The molecule has 0 spiro atoms. The molecule has 0 aromatic heterocycles. The van der Waals surface area contributed by atoms with Crippen LogP contribution < -0.4 is 0 Å². The first-order valence-electron chi connectivity index (χ1n) is 8.11. The minimum absolute atomic E-state index is 0.323. The van der Waals surface area contributed by atoms with E-state index < -0.39 is 0 Å². The van der Waals surface area contributed by atoms with E-state index in [1.165, 1.54) is 11.1 Å². The molecule has 0 saturated heterocycles. The van der Waals surface area contributed by atoms with E-state index in [4.69, 9.17) is 0 Å². The Hall–Kier alpha value is -3.06. The smallest absolute Gasteiger partial charge is 0.124 e. The average Bonchev–Trinajstić information content (AvgIpc) is 2.63. The van der Waals surface area contributed by atoms with Gasteiger partial charge in [0.25, 0.3) is 0 Å². The summed E-state index contributed by atoms with van der Waals surface area (Å²) in [6.07, 6.45) is 0. The van der Waals surface area contributed by atoms with Crippen LogP contribution in [-0.4, -0.2) is 5.11 Å². The molecule has 0 unspecified atom stereocenters. The molecule has 0 aliphatic rings. The van der Waals surface area contributed by atoms with Crippen molar-refractivity contribution in [2.24, 2.45) is 0 Å². The maximum absolute atomic E-state index is 10.6. The van der Waals surface area contributed by atoms with Crippen LogP contribution in [0.4, 0.5) is 0 Å². The molecule has 0 amide bonds. The van der Waals surface area contributed by atoms with Gasteiger partial charge < -0.3 is 5.11 Å². The maximum Gasteiger partial charge on any atom is 0.124 e. The zero-order chi connectivity index (χ0) is 16.5. The lowest BCUT2D eigenvalue weighted by atomic mass is 9.88. The molecule has 116 valence electrons. The lowest BCUT2D eigenvalue weighted by molar-refractivity contribution is 0.482. The largest absolute Gasteiger partial charge is 0.507 e. The molecule has 0 saturated carbocycles. The van der Waals surface area contributed by atoms with Crippen molar-refractivity contribution in [3.05, 3.63) is 90.5 Å². The van der Waals surface area contributed by atoms with Gasteiger partial charge in [-0.15, -0.1) is 0 Å². The fourth-order valence-corrected chi connectivity index (χ4v) is 3.28. The van der Waals surface area contributed by atoms with E-state index in [0.29, 0.717) is 5.75 Å². The van der Waals surface area contributed by atoms with Crippen LogP contribution in [0.2, 0.25) is 0 Å². The van der Waals surface area contributed by atoms with Crippen LogP contribution in [-0.2, 0) is 0 Å². The predicted octanol–water partition coefficient (Wildman–Crippen LogP) is 6.19. The Bertz CT molecular complexity index is 1000. The Labute approximate surface area is 141 Å². The van der Waals surface area contributed by atoms with Gasteiger partial charge in [0.2, 0.25) is 0 Å². The van der Waals surface area contributed by atoms with E-state index in [-0.39, 0.29) is 0 Å². The third kappa shape index (κ3) is 2.44. The molecule has 0 atom stereocenters. The lowest BCUT2D eigenvalue weighted by Crippen LogP contribution is -1.89. The summed E-state index contributed by atoms with van der Waals surface area (Å²) in [5.74, 6) is 0.323. The molecule has 4 aromatic rings. The summed E-state index contributed by atoms with van der Waals surface area (Å²) in [6.45, 7) is 2.08. The quantitative estimate of drug-likeness (QED) is 0.468. The average molecular weight is 310 g/mol. The Balaban J connectivity index is 2.16. The monoisotopic (exact) mass is 310 g/mol. The fourth-order valence-electron chi connectivity index (χ4n) is 3.28. The summed E-state index contributed by atoms with van der Waals surface area (Å²) in [5, 5.41) is 12.5. The summed E-state index contributed by atoms with van der Waals surface area (Å²) in [4.78, 5) is 0. The molecule has 1 nitrogen and oxygen atoms in total. The number of rotatable bonds is 2. The van der Waals surface area contributed by atoms with Gasteiger partial charge in [-0.05, 0) is 40.6 Å². The van der Waals surface area contributed by atoms with Crippen LogP contribution in [0.1, 0.15) is 5.56 Å². The summed E-state index contributed by atoms with van der Waals surface area (Å²) < 4.78 is 0. The summed E-state index contributed by atoms with van der Waals surface area (Å²) >= 11 is 0. The number of benzene rings is 4. The molecule has 24 heavy (non-hydrogen) atoms. The maximum atomic E-state index is 10.6. The van der Waals surface area contributed by atoms with Crippen LogP contribution in [0.15, 0.2) is 84.9 Å². The van der Waals surface area contributed by atoms with E-state index in [1.54, 1.807) is 0 Å². The third-order valence-electron chi connectivity index (χ3n) is 4.42. The van der Waals surface area contributed by atoms with E-state index >= 15 is 0 Å². The van der Waals surface area contributed by atoms with Gasteiger partial charge in [-0.25, -0.2) is 0 Å². The van der Waals surface area contributed by atoms with Crippen LogP contribution in [0.5, 0.6) is 5.75 Å². The zero-order valence-electron chi connectivity index (χ0n) is 13.5. The van der Waals surface area contributed by atoms with Gasteiger partial charge in [0.05, 0.1) is 0 Å². The number of aromatic hydroxyl groups is 1. The summed E-state index contributed by atoms with van der Waals surface area (Å²) in [6, 6.07) is 28.7. The highest BCUT2D eigenvalue weighted by atomic mass is 16.3. The summed E-state index contributed by atoms with van der Waals surface area (Å²) in [7, 11) is 0. The van der Waals surface area contributed by atoms with E-state index in [0.717, 1.165) is 27.5 Å². The van der Waals surface area contributed by atoms with Gasteiger partial charge in [0, 0.05) is 5.39 Å². The van der Waals surface area contributed by atoms with Crippen molar-refractivity contribution < 1.29 is 5.11 Å². The number of hydrogen-bond donors (Lipinski definition) is 1. The van der Waals surface area contributed by atoms with Crippen molar-refractivity contribution in [2.45, 2.75) is 6.92 Å². The second-order valence-corrected chi connectivity index (χ2v) is 6.10. The van der Waals surface area contributed by atoms with Crippen molar-refractivity contribution in [1.29, 1.82) is 0 Å². The third-order valence-corrected chi connectivity index (χ3v) is 4.42. The van der Waals surface area contributed by atoms with Gasteiger partial charge in [-0.2, -0.15) is 0 Å². The molecule has 0 fully saturated rings. The molecular formula is C23H18O. The Morgan fingerprint density at radius 2 is 1.25 bits per heavy atom. The van der Waals surface area contributed by atoms with Crippen molar-refractivity contribution in [3.8, 4) is 28.0 Å². The Morgan fingerprint density at radius 3 is 1.92 bits per heavy atom. The van der Waals surface area contributed by atoms with Gasteiger partial charge in [-0.1, -0.05) is 84.4 Å². The molecule has 0 aliphatic carbocycles. The molecular weight excluding hydrogens is 292 g/mol. The molecule has 1 N–H and O–H groups in total. The molecule has 4 rings (SSSR count). The van der Waals surface area contributed by atoms with E-state index in [1.807, 2.05) is 42.5 Å². The van der Waals surface area contributed by atoms with E-state index in [9.17, 15) is 5.11 Å². The van der Waals surface area contributed by atoms with E-state index in [2.05, 4.69) is 49.4 Å². The molecule has 0 radical (unpaired) electrons. The number of fused-ring (bicyclic) bond motifs is 1. The Kier molecular flexibility index (Phi) is 3.55. The number of phenolic OH excluding ortho intramolecular Hbond substituents is 1. The highest BCUT2D eigenvalue weighted by Crippen LogP contribution is 2.42. The molecule has 4 aromatic carbocycles. The highest BCUT2D eigenvalue weighted by molar-refractivity contribution is 6.07. The van der Waals surface area contributed by atoms with Crippen LogP contribution >= 0.6 is 0 Å². The SMILES string of the molecule is Cc1ccc2c(O)cc(-c3ccccc3)c(-c3ccccc3)c2c1. The first-order valence-corrected chi connectivity index (χ1v) is 8.11. The molecule has 0 heterocycles. The highest BCUT2D eigenvalue weighted by Gasteiger charge is 2.15. The van der Waals surface area contributed by atoms with Gasteiger partial charge in [-0.3, -0.25) is 0 Å². The van der Waals surface area contributed by atoms with Crippen molar-refractivity contribution in [3.63, 3.8) is 0 Å². The standard InChI is InChI=1S/C23H18O/c1-16-12-13-19-21(14-16)23(18-10-6-3-7-11-18)20(15-22(19)24)17-8-4-2-5-9-17/h2-15,24H,1H3. The normalized spacial score (nSPS) is 10.9. The van der Waals surface area contributed by atoms with Crippen LogP contribution in [0.25, 0.3) is 33.0 Å². The van der Waals surface area contributed by atoms with Crippen molar-refractivity contribution in [1.82, 2.24) is 0 Å². The first-order chi connectivity index (χ1) is 11.7. The first kappa shape index (κ1) is 14.5. The number of phenols is 1. The minimum Gasteiger partial charge on any atom is -0.507 e. The molecule has 0 aliphatic heterocycles. The second kappa shape index (κ2) is 5.86. The number of aryl methyl sites for hydroxylation is 1. The van der Waals surface area contributed by atoms with Crippen molar-refractivity contribution in [2.75, 3.05) is 0 Å². The van der Waals surface area contributed by atoms with Gasteiger partial charge >= 0.3 is 0 Å². The summed E-state index contributed by atoms with van der Waals surface area (Å²) in [5.41, 5.74) is 5.67. The van der Waals surface area contributed by atoms with Crippen LogP contribution in [0.3, 0.4) is 0 Å².